The van der Waals surface area contributed by atoms with Gasteiger partial charge in [-0.25, -0.2) is 0 Å². The number of aryl methyl sites for hydroxylation is 3. The third kappa shape index (κ3) is 3.35. The average Bonchev–Trinajstić information content (AvgIpc) is 2.33. The molecule has 0 aliphatic heterocycles. The second kappa shape index (κ2) is 5.88. The molecule has 0 N–H and O–H groups in total. The number of carbonyl (C=O) groups excluding carboxylic acids is 1. The van der Waals surface area contributed by atoms with Crippen molar-refractivity contribution in [2.45, 2.75) is 41.0 Å². The minimum absolute atomic E-state index is 0.294. The summed E-state index contributed by atoms with van der Waals surface area (Å²) in [6, 6.07) is 6.26. The lowest BCUT2D eigenvalue weighted by molar-refractivity contribution is -0.151. The smallest absolute Gasteiger partial charge is 0.326 e. The van der Waals surface area contributed by atoms with E-state index in [9.17, 15) is 10.1 Å². The van der Waals surface area contributed by atoms with Crippen molar-refractivity contribution >= 4 is 5.97 Å². The van der Waals surface area contributed by atoms with Gasteiger partial charge in [0.2, 0.25) is 0 Å². The molecule has 0 amide bonds. The summed E-state index contributed by atoms with van der Waals surface area (Å²) in [6.45, 7) is 9.75. The highest BCUT2D eigenvalue weighted by Crippen LogP contribution is 2.28. The first-order valence-corrected chi connectivity index (χ1v) is 6.49. The van der Waals surface area contributed by atoms with Crippen LogP contribution in [0.3, 0.4) is 0 Å². The molecule has 0 bridgehead atoms. The first-order valence-electron chi connectivity index (χ1n) is 6.49. The van der Waals surface area contributed by atoms with Gasteiger partial charge in [-0.3, -0.25) is 4.79 Å². The molecule has 0 spiro atoms. The van der Waals surface area contributed by atoms with Gasteiger partial charge in [0, 0.05) is 6.42 Å². The van der Waals surface area contributed by atoms with E-state index in [1.807, 2.05) is 20.8 Å². The highest BCUT2D eigenvalue weighted by Gasteiger charge is 2.36. The average molecular weight is 259 g/mol. The molecule has 1 atom stereocenters. The number of hydrogen-bond acceptors (Lipinski definition) is 3. The van der Waals surface area contributed by atoms with Crippen molar-refractivity contribution in [2.75, 3.05) is 6.61 Å². The molecule has 0 aliphatic carbocycles. The van der Waals surface area contributed by atoms with Gasteiger partial charge in [-0.1, -0.05) is 17.7 Å². The zero-order valence-corrected chi connectivity index (χ0v) is 12.3. The van der Waals surface area contributed by atoms with E-state index < -0.39 is 11.4 Å². The topological polar surface area (TPSA) is 50.1 Å². The van der Waals surface area contributed by atoms with Crippen LogP contribution in [0.2, 0.25) is 0 Å². The van der Waals surface area contributed by atoms with Gasteiger partial charge in [0.1, 0.15) is 0 Å². The van der Waals surface area contributed by atoms with Crippen molar-refractivity contribution in [3.05, 3.63) is 34.4 Å². The zero-order valence-electron chi connectivity index (χ0n) is 12.3. The third-order valence-corrected chi connectivity index (χ3v) is 3.34. The van der Waals surface area contributed by atoms with E-state index in [1.54, 1.807) is 13.8 Å². The Morgan fingerprint density at radius 1 is 1.32 bits per heavy atom. The van der Waals surface area contributed by atoms with E-state index in [2.05, 4.69) is 18.2 Å². The maximum atomic E-state index is 11.9. The first-order chi connectivity index (χ1) is 8.84. The lowest BCUT2D eigenvalue weighted by Gasteiger charge is -2.22. The molecule has 1 unspecified atom stereocenters. The monoisotopic (exact) mass is 259 g/mol. The lowest BCUT2D eigenvalue weighted by atomic mass is 9.82. The van der Waals surface area contributed by atoms with Crippen LogP contribution in [0.4, 0.5) is 0 Å². The Labute approximate surface area is 115 Å². The van der Waals surface area contributed by atoms with E-state index in [-0.39, 0.29) is 0 Å². The maximum absolute atomic E-state index is 11.9. The zero-order chi connectivity index (χ0) is 14.6. The standard InChI is InChI=1S/C16H21NO2/c1-6-19-15(18)16(5,10-17)9-14-12(3)7-11(2)8-13(14)4/h7-8H,6,9H2,1-5H3. The number of hydrogen-bond donors (Lipinski definition) is 0. The largest absolute Gasteiger partial charge is 0.465 e. The molecule has 3 heteroatoms. The van der Waals surface area contributed by atoms with Gasteiger partial charge in [-0.05, 0) is 51.3 Å². The first kappa shape index (κ1) is 15.2. The molecule has 1 aromatic carbocycles. The molecule has 0 radical (unpaired) electrons. The highest BCUT2D eigenvalue weighted by atomic mass is 16.5. The summed E-state index contributed by atoms with van der Waals surface area (Å²) in [7, 11) is 0. The number of nitrogens with zero attached hydrogens (tertiary/aromatic N) is 1. The van der Waals surface area contributed by atoms with E-state index in [0.717, 1.165) is 16.7 Å². The summed E-state index contributed by atoms with van der Waals surface area (Å²) in [4.78, 5) is 11.9. The predicted octanol–water partition coefficient (Wildman–Crippen LogP) is 3.25. The second-order valence-corrected chi connectivity index (χ2v) is 5.22. The Morgan fingerprint density at radius 2 is 1.84 bits per heavy atom. The molecular weight excluding hydrogens is 238 g/mol. The molecule has 102 valence electrons. The highest BCUT2D eigenvalue weighted by molar-refractivity contribution is 5.80. The van der Waals surface area contributed by atoms with Gasteiger partial charge in [-0.15, -0.1) is 0 Å². The molecule has 19 heavy (non-hydrogen) atoms. The summed E-state index contributed by atoms with van der Waals surface area (Å²) in [5.41, 5.74) is 3.35. The fraction of sp³-hybridized carbons (Fsp3) is 0.500. The van der Waals surface area contributed by atoms with Gasteiger partial charge in [0.25, 0.3) is 0 Å². The number of benzene rings is 1. The minimum atomic E-state index is -1.12. The van der Waals surface area contributed by atoms with Gasteiger partial charge in [0.05, 0.1) is 12.7 Å². The molecular formula is C16H21NO2. The van der Waals surface area contributed by atoms with Crippen LogP contribution in [0, 0.1) is 37.5 Å². The Bertz CT molecular complexity index is 505. The maximum Gasteiger partial charge on any atom is 0.326 e. The Hall–Kier alpha value is -1.82. The summed E-state index contributed by atoms with van der Waals surface area (Å²) in [5, 5.41) is 9.33. The van der Waals surface area contributed by atoms with Crippen molar-refractivity contribution in [3.63, 3.8) is 0 Å². The number of carbonyl (C=O) groups is 1. The van der Waals surface area contributed by atoms with Crippen LogP contribution < -0.4 is 0 Å². The second-order valence-electron chi connectivity index (χ2n) is 5.22. The van der Waals surface area contributed by atoms with E-state index in [0.29, 0.717) is 13.0 Å². The van der Waals surface area contributed by atoms with Crippen LogP contribution in [-0.4, -0.2) is 12.6 Å². The van der Waals surface area contributed by atoms with Crippen molar-refractivity contribution in [1.82, 2.24) is 0 Å². The van der Waals surface area contributed by atoms with Crippen LogP contribution in [0.15, 0.2) is 12.1 Å². The third-order valence-electron chi connectivity index (χ3n) is 3.34. The van der Waals surface area contributed by atoms with E-state index in [1.165, 1.54) is 5.56 Å². The molecule has 0 fully saturated rings. The van der Waals surface area contributed by atoms with Gasteiger partial charge in [0.15, 0.2) is 5.41 Å². The van der Waals surface area contributed by atoms with Crippen LogP contribution >= 0.6 is 0 Å². The molecule has 1 aromatic rings. The van der Waals surface area contributed by atoms with Crippen molar-refractivity contribution in [1.29, 1.82) is 5.26 Å². The summed E-state index contributed by atoms with van der Waals surface area (Å²) < 4.78 is 5.01. The van der Waals surface area contributed by atoms with Crippen molar-refractivity contribution in [2.24, 2.45) is 5.41 Å². The molecule has 0 heterocycles. The van der Waals surface area contributed by atoms with Crippen molar-refractivity contribution in [3.8, 4) is 6.07 Å². The quantitative estimate of drug-likeness (QED) is 0.780. The van der Waals surface area contributed by atoms with Crippen molar-refractivity contribution < 1.29 is 9.53 Å². The van der Waals surface area contributed by atoms with E-state index >= 15 is 0 Å². The van der Waals surface area contributed by atoms with E-state index in [4.69, 9.17) is 4.74 Å². The fourth-order valence-corrected chi connectivity index (χ4v) is 2.29. The van der Waals surface area contributed by atoms with Gasteiger partial charge in [-0.2, -0.15) is 5.26 Å². The van der Waals surface area contributed by atoms with Gasteiger partial charge < -0.3 is 4.74 Å². The number of rotatable bonds is 4. The summed E-state index contributed by atoms with van der Waals surface area (Å²) >= 11 is 0. The van der Waals surface area contributed by atoms with Gasteiger partial charge >= 0.3 is 5.97 Å². The Balaban J connectivity index is 3.13. The van der Waals surface area contributed by atoms with Crippen LogP contribution in [-0.2, 0) is 16.0 Å². The van der Waals surface area contributed by atoms with Crippen LogP contribution in [0.5, 0.6) is 0 Å². The van der Waals surface area contributed by atoms with Crippen LogP contribution in [0.25, 0.3) is 0 Å². The normalized spacial score (nSPS) is 13.5. The number of esters is 1. The van der Waals surface area contributed by atoms with Crippen LogP contribution in [0.1, 0.15) is 36.1 Å². The summed E-state index contributed by atoms with van der Waals surface area (Å²) in [5.74, 6) is -0.447. The molecule has 0 aromatic heterocycles. The summed E-state index contributed by atoms with van der Waals surface area (Å²) in [6.07, 6.45) is 0.389. The molecule has 0 saturated heterocycles. The number of ether oxygens (including phenoxy) is 1. The molecule has 1 rings (SSSR count). The molecule has 3 nitrogen and oxygen atoms in total. The molecule has 0 aliphatic rings. The Kier molecular flexibility index (Phi) is 4.72. The minimum Gasteiger partial charge on any atom is -0.465 e. The predicted molar refractivity (Wildman–Crippen MR) is 74.7 cm³/mol. The Morgan fingerprint density at radius 3 is 2.26 bits per heavy atom. The fourth-order valence-electron chi connectivity index (χ4n) is 2.29. The SMILES string of the molecule is CCOC(=O)C(C)(C#N)Cc1c(C)cc(C)cc1C. The lowest BCUT2D eigenvalue weighted by Crippen LogP contribution is -2.31. The number of nitriles is 1. The molecule has 0 saturated carbocycles.